The third-order valence-electron chi connectivity index (χ3n) is 4.81. The molecule has 1 aliphatic carbocycles. The average Bonchev–Trinajstić information content (AvgIpc) is 2.38. The minimum absolute atomic E-state index is 0.346. The molecule has 3 rings (SSSR count). The Morgan fingerprint density at radius 3 is 2.50 bits per heavy atom. The van der Waals surface area contributed by atoms with Gasteiger partial charge in [-0.3, -0.25) is 0 Å². The molecule has 0 radical (unpaired) electrons. The minimum Gasteiger partial charge on any atom is -0.316 e. The van der Waals surface area contributed by atoms with Gasteiger partial charge in [0.05, 0.1) is 0 Å². The van der Waals surface area contributed by atoms with Crippen molar-refractivity contribution in [1.29, 1.82) is 0 Å². The predicted molar refractivity (Wildman–Crippen MR) is 77.9 cm³/mol. The Morgan fingerprint density at radius 2 is 1.78 bits per heavy atom. The van der Waals surface area contributed by atoms with E-state index in [1.54, 1.807) is 0 Å². The second-order valence-electron chi connectivity index (χ2n) is 6.02. The van der Waals surface area contributed by atoms with Crippen LogP contribution in [0.2, 0.25) is 0 Å². The second-order valence-corrected chi connectivity index (χ2v) is 6.02. The quantitative estimate of drug-likeness (QED) is 0.837. The average molecular weight is 239 g/mol. The van der Waals surface area contributed by atoms with Gasteiger partial charge in [-0.25, -0.2) is 0 Å². The Balaban J connectivity index is 2.06. The molecule has 2 unspecified atom stereocenters. The van der Waals surface area contributed by atoms with E-state index in [0.717, 1.165) is 0 Å². The van der Waals surface area contributed by atoms with E-state index in [1.165, 1.54) is 22.8 Å². The molecule has 2 atom stereocenters. The maximum absolute atomic E-state index is 3.44. The molecular weight excluding hydrogens is 218 g/mol. The highest BCUT2D eigenvalue weighted by atomic mass is 14.9. The fourth-order valence-electron chi connectivity index (χ4n) is 3.50. The van der Waals surface area contributed by atoms with Gasteiger partial charge in [-0.05, 0) is 41.1 Å². The monoisotopic (exact) mass is 239 g/mol. The molecule has 1 fully saturated rings. The van der Waals surface area contributed by atoms with Crippen molar-refractivity contribution in [1.82, 2.24) is 5.32 Å². The van der Waals surface area contributed by atoms with Gasteiger partial charge in [0.15, 0.2) is 0 Å². The summed E-state index contributed by atoms with van der Waals surface area (Å²) in [5, 5.41) is 6.22. The van der Waals surface area contributed by atoms with Gasteiger partial charge in [0.1, 0.15) is 0 Å². The lowest BCUT2D eigenvalue weighted by atomic mass is 9.56. The van der Waals surface area contributed by atoms with Gasteiger partial charge in [0.2, 0.25) is 0 Å². The van der Waals surface area contributed by atoms with E-state index < -0.39 is 0 Å². The zero-order valence-corrected chi connectivity index (χ0v) is 11.4. The maximum Gasteiger partial charge on any atom is 0.0127 e. The van der Waals surface area contributed by atoms with Crippen LogP contribution in [0.4, 0.5) is 0 Å². The largest absolute Gasteiger partial charge is 0.316 e. The highest BCUT2D eigenvalue weighted by molar-refractivity contribution is 5.86. The first-order chi connectivity index (χ1) is 8.64. The molecule has 0 aromatic heterocycles. The molecule has 1 saturated carbocycles. The zero-order chi connectivity index (χ0) is 12.8. The summed E-state index contributed by atoms with van der Waals surface area (Å²) in [5.74, 6) is 0.668. The number of rotatable bonds is 2. The van der Waals surface area contributed by atoms with Gasteiger partial charge in [0, 0.05) is 6.04 Å². The van der Waals surface area contributed by atoms with Crippen molar-refractivity contribution in [3.05, 3.63) is 48.0 Å². The number of hydrogen-bond acceptors (Lipinski definition) is 1. The van der Waals surface area contributed by atoms with E-state index in [-0.39, 0.29) is 0 Å². The molecule has 0 spiro atoms. The molecule has 2 aromatic carbocycles. The van der Waals surface area contributed by atoms with Crippen LogP contribution in [0.3, 0.4) is 0 Å². The smallest absolute Gasteiger partial charge is 0.0127 e. The van der Waals surface area contributed by atoms with Gasteiger partial charge in [-0.2, -0.15) is 0 Å². The molecule has 1 N–H and O–H groups in total. The first-order valence-corrected chi connectivity index (χ1v) is 6.79. The summed E-state index contributed by atoms with van der Waals surface area (Å²) >= 11 is 0. The van der Waals surface area contributed by atoms with Crippen molar-refractivity contribution >= 4 is 10.8 Å². The summed E-state index contributed by atoms with van der Waals surface area (Å²) in [7, 11) is 2.08. The van der Waals surface area contributed by atoms with Crippen LogP contribution in [0.1, 0.15) is 31.7 Å². The third kappa shape index (κ3) is 1.58. The highest BCUT2D eigenvalue weighted by Crippen LogP contribution is 2.53. The molecule has 94 valence electrons. The van der Waals surface area contributed by atoms with Crippen LogP contribution in [-0.4, -0.2) is 13.1 Å². The summed E-state index contributed by atoms with van der Waals surface area (Å²) in [6, 6.07) is 16.1. The molecular formula is C17H21N. The minimum atomic E-state index is 0.346. The molecule has 1 aliphatic rings. The van der Waals surface area contributed by atoms with Crippen molar-refractivity contribution in [3.8, 4) is 0 Å². The van der Waals surface area contributed by atoms with E-state index in [4.69, 9.17) is 0 Å². The van der Waals surface area contributed by atoms with E-state index >= 15 is 0 Å². The van der Waals surface area contributed by atoms with Gasteiger partial charge in [-0.1, -0.05) is 56.3 Å². The van der Waals surface area contributed by atoms with Crippen LogP contribution in [0.15, 0.2) is 42.5 Å². The number of hydrogen-bond donors (Lipinski definition) is 1. The van der Waals surface area contributed by atoms with E-state index in [9.17, 15) is 0 Å². The van der Waals surface area contributed by atoms with Gasteiger partial charge < -0.3 is 5.32 Å². The van der Waals surface area contributed by atoms with Crippen LogP contribution in [0.25, 0.3) is 10.8 Å². The standard InChI is InChI=1S/C17H21N/c1-17(2)15(11-16(17)18-3)14-10-6-8-12-7-4-5-9-13(12)14/h4-10,15-16,18H,11H2,1-3H3. The first-order valence-electron chi connectivity index (χ1n) is 6.79. The maximum atomic E-state index is 3.44. The Morgan fingerprint density at radius 1 is 1.06 bits per heavy atom. The van der Waals surface area contributed by atoms with Crippen LogP contribution < -0.4 is 5.32 Å². The van der Waals surface area contributed by atoms with Crippen molar-refractivity contribution in [2.45, 2.75) is 32.2 Å². The lowest BCUT2D eigenvalue weighted by Gasteiger charge is -2.52. The lowest BCUT2D eigenvalue weighted by Crippen LogP contribution is -2.54. The fraction of sp³-hybridized carbons (Fsp3) is 0.412. The lowest BCUT2D eigenvalue weighted by molar-refractivity contribution is 0.0760. The Kier molecular flexibility index (Phi) is 2.67. The van der Waals surface area contributed by atoms with Crippen LogP contribution in [0.5, 0.6) is 0 Å². The Labute approximate surface area is 109 Å². The molecule has 0 amide bonds. The summed E-state index contributed by atoms with van der Waals surface area (Å²) < 4.78 is 0. The topological polar surface area (TPSA) is 12.0 Å². The van der Waals surface area contributed by atoms with Crippen molar-refractivity contribution in [2.24, 2.45) is 5.41 Å². The third-order valence-corrected chi connectivity index (χ3v) is 4.81. The Hall–Kier alpha value is -1.34. The summed E-state index contributed by atoms with van der Waals surface area (Å²) in [4.78, 5) is 0. The molecule has 18 heavy (non-hydrogen) atoms. The highest BCUT2D eigenvalue weighted by Gasteiger charge is 2.48. The number of fused-ring (bicyclic) bond motifs is 1. The zero-order valence-electron chi connectivity index (χ0n) is 11.4. The van der Waals surface area contributed by atoms with E-state index in [2.05, 4.69) is 68.7 Å². The molecule has 0 heterocycles. The normalized spacial score (nSPS) is 25.9. The molecule has 0 aliphatic heterocycles. The fourth-order valence-corrected chi connectivity index (χ4v) is 3.50. The summed E-state index contributed by atoms with van der Waals surface area (Å²) in [5.41, 5.74) is 1.86. The Bertz CT molecular complexity index is 565. The van der Waals surface area contributed by atoms with Crippen LogP contribution in [0, 0.1) is 5.41 Å². The van der Waals surface area contributed by atoms with Gasteiger partial charge >= 0.3 is 0 Å². The predicted octanol–water partition coefficient (Wildman–Crippen LogP) is 3.94. The molecule has 2 aromatic rings. The summed E-state index contributed by atoms with van der Waals surface area (Å²) in [6.45, 7) is 4.76. The van der Waals surface area contributed by atoms with Gasteiger partial charge in [0.25, 0.3) is 0 Å². The van der Waals surface area contributed by atoms with Crippen LogP contribution in [-0.2, 0) is 0 Å². The van der Waals surface area contributed by atoms with Crippen molar-refractivity contribution in [2.75, 3.05) is 7.05 Å². The van der Waals surface area contributed by atoms with E-state index in [1.807, 2.05) is 0 Å². The SMILES string of the molecule is CNC1CC(c2cccc3ccccc23)C1(C)C. The second kappa shape index (κ2) is 4.10. The van der Waals surface area contributed by atoms with Crippen molar-refractivity contribution < 1.29 is 0 Å². The van der Waals surface area contributed by atoms with E-state index in [0.29, 0.717) is 17.4 Å². The van der Waals surface area contributed by atoms with Crippen LogP contribution >= 0.6 is 0 Å². The number of nitrogens with one attached hydrogen (secondary N) is 1. The molecule has 0 saturated heterocycles. The molecule has 1 heteroatoms. The van der Waals surface area contributed by atoms with Crippen molar-refractivity contribution in [3.63, 3.8) is 0 Å². The van der Waals surface area contributed by atoms with Gasteiger partial charge in [-0.15, -0.1) is 0 Å². The molecule has 0 bridgehead atoms. The first kappa shape index (κ1) is 11.7. The molecule has 1 nitrogen and oxygen atoms in total. The number of benzene rings is 2. The summed E-state index contributed by atoms with van der Waals surface area (Å²) in [6.07, 6.45) is 1.25.